The first-order valence-electron chi connectivity index (χ1n) is 10.0. The van der Waals surface area contributed by atoms with Crippen molar-refractivity contribution in [2.24, 2.45) is 0 Å². The van der Waals surface area contributed by atoms with E-state index in [1.807, 2.05) is 30.5 Å². The molecular weight excluding hydrogens is 475 g/mol. The fraction of sp³-hybridized carbons (Fsp3) is 0. The molecule has 0 aliphatic carbocycles. The van der Waals surface area contributed by atoms with Gasteiger partial charge in [0.05, 0.1) is 28.2 Å². The van der Waals surface area contributed by atoms with E-state index in [4.69, 9.17) is 11.6 Å². The molecule has 5 aromatic rings. The van der Waals surface area contributed by atoms with Crippen LogP contribution in [0.2, 0.25) is 5.02 Å². The lowest BCUT2D eigenvalue weighted by Crippen LogP contribution is -2.16. The SMILES string of the molecule is Cl.O=C(Nc1cccc(-n2cccn2)c1)c1ccc(Cl)c(C(=O)Nc2cnc3[nH]ccc3c2)c1. The zero-order chi connectivity index (χ0) is 22.8. The third-order valence-electron chi connectivity index (χ3n) is 5.00. The second kappa shape index (κ2) is 9.78. The van der Waals surface area contributed by atoms with E-state index in [1.54, 1.807) is 47.5 Å². The van der Waals surface area contributed by atoms with Crippen molar-refractivity contribution >= 4 is 58.2 Å². The van der Waals surface area contributed by atoms with Crippen LogP contribution >= 0.6 is 24.0 Å². The molecule has 0 unspecified atom stereocenters. The molecule has 5 rings (SSSR count). The lowest BCUT2D eigenvalue weighted by Gasteiger charge is -2.10. The van der Waals surface area contributed by atoms with Gasteiger partial charge in [0.25, 0.3) is 11.8 Å². The van der Waals surface area contributed by atoms with Crippen LogP contribution < -0.4 is 10.6 Å². The number of rotatable bonds is 5. The van der Waals surface area contributed by atoms with E-state index in [1.165, 1.54) is 12.1 Å². The highest BCUT2D eigenvalue weighted by Gasteiger charge is 2.16. The number of amides is 2. The van der Waals surface area contributed by atoms with Gasteiger partial charge in [-0.1, -0.05) is 17.7 Å². The molecule has 0 aliphatic rings. The Morgan fingerprint density at radius 2 is 1.79 bits per heavy atom. The maximum absolute atomic E-state index is 12.9. The number of hydrogen-bond acceptors (Lipinski definition) is 4. The summed E-state index contributed by atoms with van der Waals surface area (Å²) in [5, 5.41) is 10.9. The minimum absolute atomic E-state index is 0. The van der Waals surface area contributed by atoms with E-state index in [2.05, 4.69) is 25.7 Å². The lowest BCUT2D eigenvalue weighted by atomic mass is 10.1. The lowest BCUT2D eigenvalue weighted by molar-refractivity contribution is 0.102. The molecule has 34 heavy (non-hydrogen) atoms. The Labute approximate surface area is 205 Å². The van der Waals surface area contributed by atoms with Gasteiger partial charge in [0.15, 0.2) is 0 Å². The fourth-order valence-electron chi connectivity index (χ4n) is 3.40. The van der Waals surface area contributed by atoms with Crippen LogP contribution in [0.5, 0.6) is 0 Å². The molecule has 0 saturated heterocycles. The van der Waals surface area contributed by atoms with Crippen LogP contribution in [0.3, 0.4) is 0 Å². The van der Waals surface area contributed by atoms with Crippen LogP contribution in [-0.4, -0.2) is 31.6 Å². The molecule has 3 heterocycles. The number of pyridine rings is 1. The largest absolute Gasteiger partial charge is 0.346 e. The van der Waals surface area contributed by atoms with Gasteiger partial charge in [-0.15, -0.1) is 12.4 Å². The summed E-state index contributed by atoms with van der Waals surface area (Å²) in [7, 11) is 0. The summed E-state index contributed by atoms with van der Waals surface area (Å²) < 4.78 is 1.69. The highest BCUT2D eigenvalue weighted by molar-refractivity contribution is 6.34. The first-order valence-corrected chi connectivity index (χ1v) is 10.4. The van der Waals surface area contributed by atoms with Crippen molar-refractivity contribution in [3.8, 4) is 5.69 Å². The molecule has 0 spiro atoms. The number of carbonyl (C=O) groups excluding carboxylic acids is 2. The number of halogens is 2. The normalized spacial score (nSPS) is 10.5. The third kappa shape index (κ3) is 4.78. The summed E-state index contributed by atoms with van der Waals surface area (Å²) in [6.45, 7) is 0. The predicted molar refractivity (Wildman–Crippen MR) is 134 cm³/mol. The Morgan fingerprint density at radius 3 is 2.62 bits per heavy atom. The summed E-state index contributed by atoms with van der Waals surface area (Å²) in [6, 6.07) is 17.3. The van der Waals surface area contributed by atoms with E-state index in [0.717, 1.165) is 16.7 Å². The topological polar surface area (TPSA) is 105 Å². The molecule has 2 aromatic carbocycles. The summed E-state index contributed by atoms with van der Waals surface area (Å²) >= 11 is 6.25. The Kier molecular flexibility index (Phi) is 6.62. The Hall–Kier alpha value is -4.14. The summed E-state index contributed by atoms with van der Waals surface area (Å²) in [5.74, 6) is -0.805. The van der Waals surface area contributed by atoms with Crippen LogP contribution in [0.4, 0.5) is 11.4 Å². The second-order valence-corrected chi connectivity index (χ2v) is 7.65. The highest BCUT2D eigenvalue weighted by Crippen LogP contribution is 2.22. The van der Waals surface area contributed by atoms with Gasteiger partial charge in [-0.05, 0) is 54.6 Å². The molecule has 8 nitrogen and oxygen atoms in total. The quantitative estimate of drug-likeness (QED) is 0.308. The zero-order valence-electron chi connectivity index (χ0n) is 17.5. The number of fused-ring (bicyclic) bond motifs is 1. The fourth-order valence-corrected chi connectivity index (χ4v) is 3.60. The monoisotopic (exact) mass is 492 g/mol. The molecule has 0 atom stereocenters. The standard InChI is InChI=1S/C24H17ClN6O2.ClH/c25-21-6-5-16(23(32)29-17-3-1-4-19(13-17)31-10-2-8-28-31)12-20(21)24(33)30-18-11-15-7-9-26-22(15)27-14-18;/h1-14H,(H,26,27)(H,29,32)(H,30,33);1H. The number of hydrogen-bond donors (Lipinski definition) is 3. The summed E-state index contributed by atoms with van der Waals surface area (Å²) in [5.41, 5.74) is 3.13. The van der Waals surface area contributed by atoms with Crippen LogP contribution in [0.1, 0.15) is 20.7 Å². The Balaban J connectivity index is 0.00000274. The Bertz CT molecular complexity index is 1480. The number of nitrogens with one attached hydrogen (secondary N) is 3. The number of carbonyl (C=O) groups is 2. The second-order valence-electron chi connectivity index (χ2n) is 7.24. The molecule has 0 bridgehead atoms. The molecule has 0 aliphatic heterocycles. The van der Waals surface area contributed by atoms with Gasteiger partial charge >= 0.3 is 0 Å². The molecule has 2 amide bonds. The number of nitrogens with zero attached hydrogens (tertiary/aromatic N) is 3. The van der Waals surface area contributed by atoms with E-state index in [0.29, 0.717) is 16.9 Å². The number of aromatic nitrogens is 4. The van der Waals surface area contributed by atoms with Crippen molar-refractivity contribution in [3.63, 3.8) is 0 Å². The van der Waals surface area contributed by atoms with Crippen molar-refractivity contribution in [1.29, 1.82) is 0 Å². The number of aromatic amines is 1. The van der Waals surface area contributed by atoms with E-state index in [-0.39, 0.29) is 28.9 Å². The summed E-state index contributed by atoms with van der Waals surface area (Å²) in [6.07, 6.45) is 6.81. The van der Waals surface area contributed by atoms with E-state index >= 15 is 0 Å². The maximum atomic E-state index is 12.9. The molecule has 3 N–H and O–H groups in total. The predicted octanol–water partition coefficient (Wildman–Crippen LogP) is 5.33. The van der Waals surface area contributed by atoms with Gasteiger partial charge in [-0.25, -0.2) is 9.67 Å². The van der Waals surface area contributed by atoms with Crippen LogP contribution in [0, 0.1) is 0 Å². The van der Waals surface area contributed by atoms with Gasteiger partial charge in [0.1, 0.15) is 5.65 Å². The number of benzene rings is 2. The van der Waals surface area contributed by atoms with Gasteiger partial charge in [-0.3, -0.25) is 9.59 Å². The molecule has 10 heteroatoms. The number of H-pyrrole nitrogens is 1. The molecule has 3 aromatic heterocycles. The maximum Gasteiger partial charge on any atom is 0.257 e. The van der Waals surface area contributed by atoms with Gasteiger partial charge in [-0.2, -0.15) is 5.10 Å². The third-order valence-corrected chi connectivity index (χ3v) is 5.33. The molecule has 170 valence electrons. The average Bonchev–Trinajstić information content (AvgIpc) is 3.51. The van der Waals surface area contributed by atoms with Crippen molar-refractivity contribution in [1.82, 2.24) is 19.7 Å². The van der Waals surface area contributed by atoms with Crippen molar-refractivity contribution in [2.45, 2.75) is 0 Å². The first-order chi connectivity index (χ1) is 16.1. The van der Waals surface area contributed by atoms with Gasteiger partial charge in [0.2, 0.25) is 0 Å². The minimum Gasteiger partial charge on any atom is -0.346 e. The highest BCUT2D eigenvalue weighted by atomic mass is 35.5. The zero-order valence-corrected chi connectivity index (χ0v) is 19.1. The molecule has 0 fully saturated rings. The van der Waals surface area contributed by atoms with Gasteiger partial charge in [0, 0.05) is 35.2 Å². The van der Waals surface area contributed by atoms with Crippen molar-refractivity contribution < 1.29 is 9.59 Å². The van der Waals surface area contributed by atoms with Crippen molar-refractivity contribution in [3.05, 3.63) is 102 Å². The van der Waals surface area contributed by atoms with Crippen LogP contribution in [0.15, 0.2) is 85.5 Å². The van der Waals surface area contributed by atoms with Crippen LogP contribution in [-0.2, 0) is 0 Å². The average molecular weight is 493 g/mol. The van der Waals surface area contributed by atoms with Crippen molar-refractivity contribution in [2.75, 3.05) is 10.6 Å². The van der Waals surface area contributed by atoms with E-state index in [9.17, 15) is 9.59 Å². The summed E-state index contributed by atoms with van der Waals surface area (Å²) in [4.78, 5) is 33.0. The first kappa shape index (κ1) is 23.0. The Morgan fingerprint density at radius 1 is 0.941 bits per heavy atom. The number of anilines is 2. The minimum atomic E-state index is -0.438. The van der Waals surface area contributed by atoms with Gasteiger partial charge < -0.3 is 15.6 Å². The smallest absolute Gasteiger partial charge is 0.257 e. The van der Waals surface area contributed by atoms with E-state index < -0.39 is 5.91 Å². The molecular formula is C24H18Cl2N6O2. The molecule has 0 radical (unpaired) electrons. The van der Waals surface area contributed by atoms with Crippen LogP contribution in [0.25, 0.3) is 16.7 Å². The molecule has 0 saturated carbocycles.